The minimum Gasteiger partial charge on any atom is -0.465 e. The Kier molecular flexibility index (Phi) is 6.21. The second-order valence-corrected chi connectivity index (χ2v) is 6.29. The summed E-state index contributed by atoms with van der Waals surface area (Å²) in [6.45, 7) is 2.79. The van der Waals surface area contributed by atoms with Gasteiger partial charge in [0, 0.05) is 25.0 Å². The van der Waals surface area contributed by atoms with Crippen LogP contribution in [0.3, 0.4) is 0 Å². The van der Waals surface area contributed by atoms with Gasteiger partial charge < -0.3 is 20.3 Å². The Hall–Kier alpha value is -3.42. The van der Waals surface area contributed by atoms with Crippen molar-refractivity contribution in [3.8, 4) is 0 Å². The van der Waals surface area contributed by atoms with E-state index in [1.54, 1.807) is 36.2 Å². The lowest BCUT2D eigenvalue weighted by molar-refractivity contribution is -0.141. The van der Waals surface area contributed by atoms with Crippen LogP contribution in [0.15, 0.2) is 42.6 Å². The normalized spacial score (nSPS) is 12.7. The number of pyridine rings is 1. The van der Waals surface area contributed by atoms with Crippen LogP contribution in [0.2, 0.25) is 0 Å². The second-order valence-electron chi connectivity index (χ2n) is 6.29. The van der Waals surface area contributed by atoms with E-state index in [1.165, 1.54) is 0 Å². The fourth-order valence-corrected chi connectivity index (χ4v) is 2.97. The first kappa shape index (κ1) is 19.3. The molecular formula is C20H22N4O4. The number of benzene rings is 1. The van der Waals surface area contributed by atoms with Gasteiger partial charge in [-0.25, -0.2) is 4.79 Å². The van der Waals surface area contributed by atoms with E-state index in [-0.39, 0.29) is 25.1 Å². The van der Waals surface area contributed by atoms with Gasteiger partial charge in [-0.1, -0.05) is 12.1 Å². The van der Waals surface area contributed by atoms with E-state index < -0.39 is 5.97 Å². The highest BCUT2D eigenvalue weighted by Gasteiger charge is 2.21. The number of carbonyl (C=O) groups is 3. The van der Waals surface area contributed by atoms with Gasteiger partial charge in [0.25, 0.3) is 5.91 Å². The molecular weight excluding hydrogens is 360 g/mol. The summed E-state index contributed by atoms with van der Waals surface area (Å²) >= 11 is 0. The molecule has 1 aromatic carbocycles. The Balaban J connectivity index is 1.62. The Bertz CT molecular complexity index is 870. The molecule has 0 radical (unpaired) electrons. The molecule has 2 heterocycles. The summed E-state index contributed by atoms with van der Waals surface area (Å²) in [5, 5.41) is 5.40. The molecule has 8 nitrogen and oxygen atoms in total. The van der Waals surface area contributed by atoms with Crippen LogP contribution in [0.4, 0.5) is 10.5 Å². The topological polar surface area (TPSA) is 101 Å². The maximum atomic E-state index is 12.3. The van der Waals surface area contributed by atoms with Crippen LogP contribution in [0, 0.1) is 0 Å². The van der Waals surface area contributed by atoms with Gasteiger partial charge >= 0.3 is 12.0 Å². The summed E-state index contributed by atoms with van der Waals surface area (Å²) < 4.78 is 4.81. The molecule has 1 aliphatic heterocycles. The van der Waals surface area contributed by atoms with Crippen LogP contribution in [0.1, 0.15) is 28.5 Å². The highest BCUT2D eigenvalue weighted by molar-refractivity contribution is 6.02. The van der Waals surface area contributed by atoms with Crippen LogP contribution in [0.25, 0.3) is 0 Å². The number of nitrogens with zero attached hydrogens (tertiary/aromatic N) is 2. The lowest BCUT2D eigenvalue weighted by Gasteiger charge is -2.29. The van der Waals surface area contributed by atoms with Crippen molar-refractivity contribution in [2.24, 2.45) is 0 Å². The lowest BCUT2D eigenvalue weighted by Crippen LogP contribution is -2.44. The molecule has 1 aliphatic rings. The van der Waals surface area contributed by atoms with Crippen LogP contribution < -0.4 is 10.6 Å². The third-order valence-electron chi connectivity index (χ3n) is 4.35. The standard InChI is InChI=1S/C20H22N4O4/c1-2-28-18(25)12-22-20(27)24-10-8-14-6-7-16(11-15(14)13-24)23-19(26)17-5-3-4-9-21-17/h3-7,9,11H,2,8,10,12-13H2,1H3,(H,22,27)(H,23,26). The molecule has 0 bridgehead atoms. The van der Waals surface area contributed by atoms with Crippen LogP contribution in [-0.4, -0.2) is 47.5 Å². The fraction of sp³-hybridized carbons (Fsp3) is 0.300. The molecule has 0 saturated heterocycles. The number of amides is 3. The van der Waals surface area contributed by atoms with Crippen LogP contribution in [0.5, 0.6) is 0 Å². The molecule has 0 fully saturated rings. The number of esters is 1. The molecule has 8 heteroatoms. The average molecular weight is 382 g/mol. The monoisotopic (exact) mass is 382 g/mol. The number of hydrogen-bond donors (Lipinski definition) is 2. The predicted octanol–water partition coefficient (Wildman–Crippen LogP) is 1.96. The number of rotatable bonds is 5. The molecule has 1 aromatic heterocycles. The number of hydrogen-bond acceptors (Lipinski definition) is 5. The summed E-state index contributed by atoms with van der Waals surface area (Å²) in [4.78, 5) is 41.6. The van der Waals surface area contributed by atoms with Crippen molar-refractivity contribution in [3.63, 3.8) is 0 Å². The van der Waals surface area contributed by atoms with E-state index in [1.807, 2.05) is 18.2 Å². The summed E-state index contributed by atoms with van der Waals surface area (Å²) in [6.07, 6.45) is 2.27. The van der Waals surface area contributed by atoms with Crippen LogP contribution in [-0.2, 0) is 22.5 Å². The number of carbonyl (C=O) groups excluding carboxylic acids is 3. The van der Waals surface area contributed by atoms with Crippen molar-refractivity contribution in [1.82, 2.24) is 15.2 Å². The van der Waals surface area contributed by atoms with Gasteiger partial charge in [0.1, 0.15) is 12.2 Å². The predicted molar refractivity (Wildman–Crippen MR) is 103 cm³/mol. The Labute approximate surface area is 162 Å². The minimum absolute atomic E-state index is 0.157. The maximum absolute atomic E-state index is 12.3. The van der Waals surface area contributed by atoms with Gasteiger partial charge in [-0.15, -0.1) is 0 Å². The third kappa shape index (κ3) is 4.85. The molecule has 2 aromatic rings. The first-order valence-electron chi connectivity index (χ1n) is 9.09. The average Bonchev–Trinajstić information content (AvgIpc) is 2.72. The third-order valence-corrected chi connectivity index (χ3v) is 4.35. The maximum Gasteiger partial charge on any atom is 0.325 e. The molecule has 0 saturated carbocycles. The number of aromatic nitrogens is 1. The number of anilines is 1. The summed E-state index contributed by atoms with van der Waals surface area (Å²) in [6, 6.07) is 10.5. The Morgan fingerprint density at radius 2 is 2.04 bits per heavy atom. The molecule has 3 rings (SSSR count). The molecule has 0 spiro atoms. The molecule has 0 atom stereocenters. The molecule has 2 N–H and O–H groups in total. The largest absolute Gasteiger partial charge is 0.465 e. The van der Waals surface area contributed by atoms with E-state index in [2.05, 4.69) is 15.6 Å². The van der Waals surface area contributed by atoms with Crippen molar-refractivity contribution in [2.75, 3.05) is 25.0 Å². The van der Waals surface area contributed by atoms with Gasteiger partial charge in [0.15, 0.2) is 0 Å². The van der Waals surface area contributed by atoms with E-state index in [4.69, 9.17) is 4.74 Å². The zero-order valence-electron chi connectivity index (χ0n) is 15.6. The zero-order valence-corrected chi connectivity index (χ0v) is 15.6. The highest BCUT2D eigenvalue weighted by atomic mass is 16.5. The van der Waals surface area contributed by atoms with Crippen molar-refractivity contribution < 1.29 is 19.1 Å². The number of nitrogens with one attached hydrogen (secondary N) is 2. The van der Waals surface area contributed by atoms with E-state index in [0.29, 0.717) is 30.9 Å². The minimum atomic E-state index is -0.465. The van der Waals surface area contributed by atoms with Gasteiger partial charge in [-0.3, -0.25) is 14.6 Å². The second kappa shape index (κ2) is 8.98. The van der Waals surface area contributed by atoms with Crippen molar-refractivity contribution >= 4 is 23.6 Å². The number of fused-ring (bicyclic) bond motifs is 1. The van der Waals surface area contributed by atoms with Crippen LogP contribution >= 0.6 is 0 Å². The lowest BCUT2D eigenvalue weighted by atomic mass is 9.99. The van der Waals surface area contributed by atoms with Gasteiger partial charge in [0.2, 0.25) is 0 Å². The van der Waals surface area contributed by atoms with Gasteiger partial charge in [-0.2, -0.15) is 0 Å². The van der Waals surface area contributed by atoms with Crippen molar-refractivity contribution in [2.45, 2.75) is 19.9 Å². The zero-order chi connectivity index (χ0) is 19.9. The first-order chi connectivity index (χ1) is 13.6. The SMILES string of the molecule is CCOC(=O)CNC(=O)N1CCc2ccc(NC(=O)c3ccccn3)cc2C1. The smallest absolute Gasteiger partial charge is 0.325 e. The van der Waals surface area contributed by atoms with Gasteiger partial charge in [0.05, 0.1) is 6.61 Å². The van der Waals surface area contributed by atoms with Gasteiger partial charge in [-0.05, 0) is 48.7 Å². The summed E-state index contributed by atoms with van der Waals surface area (Å²) in [5.74, 6) is -0.756. The number of urea groups is 1. The fourth-order valence-electron chi connectivity index (χ4n) is 2.97. The molecule has 28 heavy (non-hydrogen) atoms. The van der Waals surface area contributed by atoms with Crippen molar-refractivity contribution in [1.29, 1.82) is 0 Å². The molecule has 0 aliphatic carbocycles. The van der Waals surface area contributed by atoms with E-state index in [9.17, 15) is 14.4 Å². The summed E-state index contributed by atoms with van der Waals surface area (Å²) in [5.41, 5.74) is 3.06. The summed E-state index contributed by atoms with van der Waals surface area (Å²) in [7, 11) is 0. The quantitative estimate of drug-likeness (QED) is 0.770. The molecule has 0 unspecified atom stereocenters. The Morgan fingerprint density at radius 3 is 2.79 bits per heavy atom. The highest BCUT2D eigenvalue weighted by Crippen LogP contribution is 2.23. The number of ether oxygens (including phenoxy) is 1. The Morgan fingerprint density at radius 1 is 1.18 bits per heavy atom. The first-order valence-corrected chi connectivity index (χ1v) is 9.09. The van der Waals surface area contributed by atoms with Crippen molar-refractivity contribution in [3.05, 3.63) is 59.4 Å². The van der Waals surface area contributed by atoms with E-state index >= 15 is 0 Å². The van der Waals surface area contributed by atoms with E-state index in [0.717, 1.165) is 11.1 Å². The molecule has 3 amide bonds. The molecule has 146 valence electrons.